The Kier molecular flexibility index (Phi) is 3.99. The van der Waals surface area contributed by atoms with E-state index in [9.17, 15) is 9.18 Å². The molecule has 0 unspecified atom stereocenters. The molecule has 0 saturated heterocycles. The van der Waals surface area contributed by atoms with Crippen molar-refractivity contribution in [3.63, 3.8) is 0 Å². The molecule has 0 bridgehead atoms. The third-order valence-corrected chi connectivity index (χ3v) is 2.89. The molecular formula is C13H11BrFNO3. The van der Waals surface area contributed by atoms with E-state index in [1.54, 1.807) is 13.0 Å². The van der Waals surface area contributed by atoms with Crippen LogP contribution in [0.25, 0.3) is 0 Å². The van der Waals surface area contributed by atoms with E-state index in [0.29, 0.717) is 15.9 Å². The van der Waals surface area contributed by atoms with Gasteiger partial charge in [-0.25, -0.2) is 4.39 Å². The van der Waals surface area contributed by atoms with E-state index in [1.165, 1.54) is 19.1 Å². The van der Waals surface area contributed by atoms with Crippen molar-refractivity contribution in [1.29, 1.82) is 0 Å². The average molecular weight is 328 g/mol. The van der Waals surface area contributed by atoms with Crippen molar-refractivity contribution >= 4 is 21.7 Å². The van der Waals surface area contributed by atoms with Crippen LogP contribution in [0, 0.1) is 12.7 Å². The van der Waals surface area contributed by atoms with Crippen molar-refractivity contribution in [2.75, 3.05) is 0 Å². The molecule has 0 saturated carbocycles. The lowest BCUT2D eigenvalue weighted by Crippen LogP contribution is -2.04. The van der Waals surface area contributed by atoms with Crippen LogP contribution in [0.3, 0.4) is 0 Å². The first kappa shape index (κ1) is 13.7. The molecule has 0 spiro atoms. The van der Waals surface area contributed by atoms with Gasteiger partial charge in [0.25, 0.3) is 0 Å². The van der Waals surface area contributed by atoms with Crippen molar-refractivity contribution in [1.82, 2.24) is 5.16 Å². The Balaban J connectivity index is 2.26. The molecule has 1 aromatic carbocycles. The highest BCUT2D eigenvalue weighted by Crippen LogP contribution is 2.28. The summed E-state index contributed by atoms with van der Waals surface area (Å²) in [5.74, 6) is -0.302. The predicted octanol–water partition coefficient (Wildman–Crippen LogP) is 3.67. The van der Waals surface area contributed by atoms with Crippen LogP contribution in [-0.2, 0) is 6.61 Å². The number of carbonyl (C=O) groups is 1. The smallest absolute Gasteiger partial charge is 0.166 e. The zero-order valence-corrected chi connectivity index (χ0v) is 12.0. The van der Waals surface area contributed by atoms with Gasteiger partial charge < -0.3 is 9.26 Å². The van der Waals surface area contributed by atoms with E-state index in [2.05, 4.69) is 21.1 Å². The fraction of sp³-hybridized carbons (Fsp3) is 0.231. The number of rotatable bonds is 4. The summed E-state index contributed by atoms with van der Waals surface area (Å²) in [6.07, 6.45) is 0. The molecule has 19 heavy (non-hydrogen) atoms. The topological polar surface area (TPSA) is 52.3 Å². The Hall–Kier alpha value is -1.69. The quantitative estimate of drug-likeness (QED) is 0.804. The summed E-state index contributed by atoms with van der Waals surface area (Å²) < 4.78 is 24.5. The number of halogens is 2. The largest absolute Gasteiger partial charge is 0.483 e. The predicted molar refractivity (Wildman–Crippen MR) is 69.7 cm³/mol. The van der Waals surface area contributed by atoms with E-state index in [4.69, 9.17) is 9.26 Å². The molecule has 6 heteroatoms. The molecule has 2 rings (SSSR count). The Morgan fingerprint density at radius 2 is 2.21 bits per heavy atom. The Bertz CT molecular complexity index is 624. The van der Waals surface area contributed by atoms with Gasteiger partial charge in [0, 0.05) is 10.5 Å². The highest BCUT2D eigenvalue weighted by molar-refractivity contribution is 9.10. The first-order valence-electron chi connectivity index (χ1n) is 5.52. The Labute approximate surface area is 117 Å². The number of ether oxygens (including phenoxy) is 1. The maximum absolute atomic E-state index is 13.8. The van der Waals surface area contributed by atoms with Crippen molar-refractivity contribution in [2.45, 2.75) is 20.5 Å². The molecule has 1 aromatic heterocycles. The highest BCUT2D eigenvalue weighted by atomic mass is 79.9. The molecular weight excluding hydrogens is 317 g/mol. The van der Waals surface area contributed by atoms with Gasteiger partial charge in [0.2, 0.25) is 0 Å². The zero-order valence-electron chi connectivity index (χ0n) is 10.4. The van der Waals surface area contributed by atoms with Crippen LogP contribution >= 0.6 is 15.9 Å². The van der Waals surface area contributed by atoms with Crippen molar-refractivity contribution in [2.24, 2.45) is 0 Å². The van der Waals surface area contributed by atoms with Gasteiger partial charge in [-0.2, -0.15) is 0 Å². The van der Waals surface area contributed by atoms with Gasteiger partial charge in [0.15, 0.2) is 17.3 Å². The summed E-state index contributed by atoms with van der Waals surface area (Å²) in [7, 11) is 0. The maximum atomic E-state index is 13.8. The molecule has 0 radical (unpaired) electrons. The van der Waals surface area contributed by atoms with Crippen LogP contribution in [0.5, 0.6) is 5.75 Å². The zero-order chi connectivity index (χ0) is 14.0. The number of nitrogens with zero attached hydrogens (tertiary/aromatic N) is 1. The average Bonchev–Trinajstić information content (AvgIpc) is 2.73. The summed E-state index contributed by atoms with van der Waals surface area (Å²) in [6.45, 7) is 3.14. The number of hydrogen-bond acceptors (Lipinski definition) is 4. The van der Waals surface area contributed by atoms with Gasteiger partial charge in [-0.05, 0) is 26.0 Å². The van der Waals surface area contributed by atoms with E-state index < -0.39 is 5.82 Å². The molecule has 0 N–H and O–H groups in total. The fourth-order valence-corrected chi connectivity index (χ4v) is 2.03. The lowest BCUT2D eigenvalue weighted by Gasteiger charge is -2.10. The standard InChI is InChI=1S/C13H11BrFNO3/c1-7-3-10(16-19-7)6-18-13-11(8(2)17)4-9(14)5-12(13)15/h3-5H,6H2,1-2H3. The maximum Gasteiger partial charge on any atom is 0.166 e. The molecule has 2 aromatic rings. The van der Waals surface area contributed by atoms with Gasteiger partial charge >= 0.3 is 0 Å². The van der Waals surface area contributed by atoms with Crippen LogP contribution < -0.4 is 4.74 Å². The minimum absolute atomic E-state index is 0.0379. The van der Waals surface area contributed by atoms with Crippen LogP contribution in [0.1, 0.15) is 28.7 Å². The van der Waals surface area contributed by atoms with Gasteiger partial charge in [-0.3, -0.25) is 4.79 Å². The SMILES string of the molecule is CC(=O)c1cc(Br)cc(F)c1OCc1cc(C)on1. The monoisotopic (exact) mass is 327 g/mol. The summed E-state index contributed by atoms with van der Waals surface area (Å²) in [5.41, 5.74) is 0.724. The summed E-state index contributed by atoms with van der Waals surface area (Å²) in [4.78, 5) is 11.5. The van der Waals surface area contributed by atoms with Gasteiger partial charge in [-0.15, -0.1) is 0 Å². The minimum Gasteiger partial charge on any atom is -0.483 e. The van der Waals surface area contributed by atoms with Crippen LogP contribution in [-0.4, -0.2) is 10.9 Å². The van der Waals surface area contributed by atoms with Crippen molar-refractivity contribution < 1.29 is 18.4 Å². The second kappa shape index (κ2) is 5.52. The van der Waals surface area contributed by atoms with E-state index in [1.807, 2.05) is 0 Å². The lowest BCUT2D eigenvalue weighted by molar-refractivity contribution is 0.101. The lowest BCUT2D eigenvalue weighted by atomic mass is 10.1. The Morgan fingerprint density at radius 3 is 2.79 bits per heavy atom. The molecule has 100 valence electrons. The molecule has 0 aliphatic rings. The van der Waals surface area contributed by atoms with Crippen molar-refractivity contribution in [3.8, 4) is 5.75 Å². The first-order chi connectivity index (χ1) is 8.97. The molecule has 0 aliphatic carbocycles. The number of Topliss-reactive ketones (excluding diaryl/α,β-unsaturated/α-hetero) is 1. The van der Waals surface area contributed by atoms with Crippen LogP contribution in [0.15, 0.2) is 27.2 Å². The summed E-state index contributed by atoms with van der Waals surface area (Å²) >= 11 is 3.14. The number of aromatic nitrogens is 1. The second-order valence-electron chi connectivity index (χ2n) is 4.04. The normalized spacial score (nSPS) is 10.5. The number of carbonyl (C=O) groups excluding carboxylic acids is 1. The fourth-order valence-electron chi connectivity index (χ4n) is 1.60. The van der Waals surface area contributed by atoms with Crippen molar-refractivity contribution in [3.05, 3.63) is 45.5 Å². The van der Waals surface area contributed by atoms with Crippen LogP contribution in [0.4, 0.5) is 4.39 Å². The second-order valence-corrected chi connectivity index (χ2v) is 4.95. The first-order valence-corrected chi connectivity index (χ1v) is 6.31. The number of ketones is 1. The molecule has 4 nitrogen and oxygen atoms in total. The molecule has 0 amide bonds. The van der Waals surface area contributed by atoms with Gasteiger partial charge in [0.1, 0.15) is 18.1 Å². The molecule has 1 heterocycles. The Morgan fingerprint density at radius 1 is 1.47 bits per heavy atom. The third-order valence-electron chi connectivity index (χ3n) is 2.43. The van der Waals surface area contributed by atoms with Gasteiger partial charge in [-0.1, -0.05) is 21.1 Å². The summed E-state index contributed by atoms with van der Waals surface area (Å²) in [5, 5.41) is 3.74. The third kappa shape index (κ3) is 3.20. The number of benzene rings is 1. The van der Waals surface area contributed by atoms with E-state index >= 15 is 0 Å². The van der Waals surface area contributed by atoms with E-state index in [-0.39, 0.29) is 23.7 Å². The van der Waals surface area contributed by atoms with Gasteiger partial charge in [0.05, 0.1) is 5.56 Å². The number of aryl methyl sites for hydroxylation is 1. The highest BCUT2D eigenvalue weighted by Gasteiger charge is 2.16. The van der Waals surface area contributed by atoms with Crippen LogP contribution in [0.2, 0.25) is 0 Å². The number of hydrogen-bond donors (Lipinski definition) is 0. The minimum atomic E-state index is -0.597. The molecule has 0 aliphatic heterocycles. The van der Waals surface area contributed by atoms with E-state index in [0.717, 1.165) is 0 Å². The molecule has 0 fully saturated rings. The molecule has 0 atom stereocenters. The summed E-state index contributed by atoms with van der Waals surface area (Å²) in [6, 6.07) is 4.45.